The highest BCUT2D eigenvalue weighted by molar-refractivity contribution is 9.10. The summed E-state index contributed by atoms with van der Waals surface area (Å²) in [6.07, 6.45) is 5.53. The Morgan fingerprint density at radius 2 is 2.08 bits per heavy atom. The molecule has 4 heteroatoms. The first kappa shape index (κ1) is 8.10. The van der Waals surface area contributed by atoms with Gasteiger partial charge in [0.15, 0.2) is 4.67 Å². The van der Waals surface area contributed by atoms with Gasteiger partial charge in [0.1, 0.15) is 0 Å². The summed E-state index contributed by atoms with van der Waals surface area (Å²) in [7, 11) is 0. The van der Waals surface area contributed by atoms with Gasteiger partial charge in [-0.2, -0.15) is 0 Å². The summed E-state index contributed by atoms with van der Waals surface area (Å²) in [6, 6.07) is 0.751. The van der Waals surface area contributed by atoms with Crippen molar-refractivity contribution in [2.45, 2.75) is 19.3 Å². The molecule has 0 N–H and O–H groups in total. The van der Waals surface area contributed by atoms with Crippen molar-refractivity contribution in [3.8, 4) is 0 Å². The van der Waals surface area contributed by atoms with Crippen molar-refractivity contribution in [1.82, 2.24) is 4.98 Å². The van der Waals surface area contributed by atoms with Crippen molar-refractivity contribution >= 4 is 21.9 Å². The maximum atomic E-state index is 5.35. The Kier molecular flexibility index (Phi) is 2.35. The molecule has 66 valence electrons. The summed E-state index contributed by atoms with van der Waals surface area (Å²) in [5, 5.41) is 0. The van der Waals surface area contributed by atoms with Crippen LogP contribution in [-0.4, -0.2) is 18.1 Å². The van der Waals surface area contributed by atoms with Crippen molar-refractivity contribution in [3.05, 3.63) is 10.9 Å². The van der Waals surface area contributed by atoms with E-state index in [1.165, 1.54) is 19.3 Å². The molecule has 0 amide bonds. The lowest BCUT2D eigenvalue weighted by Crippen LogP contribution is -2.29. The minimum Gasteiger partial charge on any atom is -0.416 e. The molecular formula is C8H11BrN2O. The van der Waals surface area contributed by atoms with E-state index in [4.69, 9.17) is 4.42 Å². The molecule has 0 unspecified atom stereocenters. The molecule has 12 heavy (non-hydrogen) atoms. The third-order valence-corrected chi connectivity index (χ3v) is 2.46. The van der Waals surface area contributed by atoms with Crippen LogP contribution in [0.4, 0.5) is 6.01 Å². The van der Waals surface area contributed by atoms with Gasteiger partial charge in [-0.05, 0) is 35.2 Å². The number of nitrogens with zero attached hydrogens (tertiary/aromatic N) is 2. The van der Waals surface area contributed by atoms with Crippen LogP contribution in [0.1, 0.15) is 19.3 Å². The second-order valence-electron chi connectivity index (χ2n) is 2.99. The summed E-state index contributed by atoms with van der Waals surface area (Å²) in [4.78, 5) is 6.34. The molecule has 2 rings (SSSR count). The molecule has 2 heterocycles. The van der Waals surface area contributed by atoms with E-state index in [9.17, 15) is 0 Å². The van der Waals surface area contributed by atoms with Crippen molar-refractivity contribution in [3.63, 3.8) is 0 Å². The van der Waals surface area contributed by atoms with E-state index in [1.807, 2.05) is 0 Å². The molecule has 3 nitrogen and oxygen atoms in total. The third-order valence-electron chi connectivity index (χ3n) is 2.09. The van der Waals surface area contributed by atoms with Crippen LogP contribution < -0.4 is 4.90 Å². The number of piperidine rings is 1. The molecule has 0 atom stereocenters. The lowest BCUT2D eigenvalue weighted by Gasteiger charge is -2.24. The van der Waals surface area contributed by atoms with Gasteiger partial charge in [-0.3, -0.25) is 0 Å². The van der Waals surface area contributed by atoms with Crippen LogP contribution >= 0.6 is 15.9 Å². The van der Waals surface area contributed by atoms with E-state index in [0.29, 0.717) is 4.67 Å². The second-order valence-corrected chi connectivity index (χ2v) is 3.78. The molecule has 1 fully saturated rings. The van der Waals surface area contributed by atoms with E-state index in [-0.39, 0.29) is 0 Å². The monoisotopic (exact) mass is 230 g/mol. The molecule has 1 aliphatic heterocycles. The minimum atomic E-state index is 0.711. The maximum absolute atomic E-state index is 5.35. The topological polar surface area (TPSA) is 29.3 Å². The van der Waals surface area contributed by atoms with Gasteiger partial charge in [-0.15, -0.1) is 0 Å². The predicted molar refractivity (Wildman–Crippen MR) is 50.3 cm³/mol. The average molecular weight is 231 g/mol. The van der Waals surface area contributed by atoms with Gasteiger partial charge in [0.2, 0.25) is 0 Å². The van der Waals surface area contributed by atoms with Gasteiger partial charge in [0.05, 0.1) is 6.20 Å². The first-order valence-corrected chi connectivity index (χ1v) is 5.02. The Hall–Kier alpha value is -0.510. The number of hydrogen-bond donors (Lipinski definition) is 0. The zero-order valence-electron chi connectivity index (χ0n) is 6.79. The number of hydrogen-bond acceptors (Lipinski definition) is 3. The molecule has 1 aromatic rings. The van der Waals surface area contributed by atoms with Crippen LogP contribution in [0, 0.1) is 0 Å². The highest BCUT2D eigenvalue weighted by Crippen LogP contribution is 2.21. The fourth-order valence-electron chi connectivity index (χ4n) is 1.48. The molecule has 1 saturated heterocycles. The maximum Gasteiger partial charge on any atom is 0.298 e. The van der Waals surface area contributed by atoms with Crippen molar-refractivity contribution in [2.24, 2.45) is 0 Å². The summed E-state index contributed by atoms with van der Waals surface area (Å²) in [5.74, 6) is 0. The summed E-state index contributed by atoms with van der Waals surface area (Å²) >= 11 is 3.24. The zero-order chi connectivity index (χ0) is 8.39. The number of aromatic nitrogens is 1. The van der Waals surface area contributed by atoms with Crippen molar-refractivity contribution in [1.29, 1.82) is 0 Å². The van der Waals surface area contributed by atoms with Crippen LogP contribution in [0.5, 0.6) is 0 Å². The van der Waals surface area contributed by atoms with Gasteiger partial charge in [0.25, 0.3) is 6.01 Å². The number of anilines is 1. The third kappa shape index (κ3) is 1.63. The highest BCUT2D eigenvalue weighted by Gasteiger charge is 2.14. The fourth-order valence-corrected chi connectivity index (χ4v) is 1.72. The first-order chi connectivity index (χ1) is 5.86. The Bertz CT molecular complexity index is 255. The van der Waals surface area contributed by atoms with Crippen molar-refractivity contribution < 1.29 is 4.42 Å². The molecule has 0 bridgehead atoms. The largest absolute Gasteiger partial charge is 0.416 e. The fraction of sp³-hybridized carbons (Fsp3) is 0.625. The normalized spacial score (nSPS) is 18.2. The van der Waals surface area contributed by atoms with E-state index in [2.05, 4.69) is 25.8 Å². The number of rotatable bonds is 1. The number of oxazole rings is 1. The quantitative estimate of drug-likeness (QED) is 0.743. The van der Waals surface area contributed by atoms with E-state index in [1.54, 1.807) is 6.20 Å². The Morgan fingerprint density at radius 1 is 1.33 bits per heavy atom. The van der Waals surface area contributed by atoms with Crippen LogP contribution in [0.2, 0.25) is 0 Å². The standard InChI is InChI=1S/C8H11BrN2O/c9-7-6-10-8(12-7)11-4-2-1-3-5-11/h6H,1-5H2. The molecule has 1 aromatic heterocycles. The summed E-state index contributed by atoms with van der Waals surface area (Å²) in [6.45, 7) is 2.15. The van der Waals surface area contributed by atoms with Gasteiger partial charge >= 0.3 is 0 Å². The van der Waals surface area contributed by atoms with Crippen LogP contribution in [0.15, 0.2) is 15.3 Å². The SMILES string of the molecule is Brc1cnc(N2CCCCC2)o1. The molecule has 0 saturated carbocycles. The highest BCUT2D eigenvalue weighted by atomic mass is 79.9. The zero-order valence-corrected chi connectivity index (χ0v) is 8.38. The van der Waals surface area contributed by atoms with E-state index >= 15 is 0 Å². The van der Waals surface area contributed by atoms with Crippen LogP contribution in [0.25, 0.3) is 0 Å². The molecular weight excluding hydrogens is 220 g/mol. The predicted octanol–water partition coefficient (Wildman–Crippen LogP) is 2.43. The van der Waals surface area contributed by atoms with Crippen molar-refractivity contribution in [2.75, 3.05) is 18.0 Å². The average Bonchev–Trinajstić information content (AvgIpc) is 2.54. The van der Waals surface area contributed by atoms with Gasteiger partial charge < -0.3 is 9.32 Å². The number of halogens is 1. The molecule has 0 aliphatic carbocycles. The first-order valence-electron chi connectivity index (χ1n) is 4.22. The minimum absolute atomic E-state index is 0.711. The van der Waals surface area contributed by atoms with Gasteiger partial charge in [0, 0.05) is 13.1 Å². The molecule has 0 aromatic carbocycles. The molecule has 1 aliphatic rings. The second kappa shape index (κ2) is 3.47. The van der Waals surface area contributed by atoms with Crippen LogP contribution in [-0.2, 0) is 0 Å². The summed E-state index contributed by atoms with van der Waals surface area (Å²) < 4.78 is 6.07. The summed E-state index contributed by atoms with van der Waals surface area (Å²) in [5.41, 5.74) is 0. The lowest BCUT2D eigenvalue weighted by atomic mass is 10.1. The molecule has 0 spiro atoms. The van der Waals surface area contributed by atoms with Gasteiger partial charge in [-0.25, -0.2) is 4.98 Å². The van der Waals surface area contributed by atoms with E-state index in [0.717, 1.165) is 19.1 Å². The Balaban J connectivity index is 2.08. The Morgan fingerprint density at radius 3 is 2.67 bits per heavy atom. The Labute approximate surface area is 79.9 Å². The van der Waals surface area contributed by atoms with Crippen LogP contribution in [0.3, 0.4) is 0 Å². The lowest BCUT2D eigenvalue weighted by molar-refractivity contribution is 0.480. The van der Waals surface area contributed by atoms with Gasteiger partial charge in [-0.1, -0.05) is 0 Å². The molecule has 0 radical (unpaired) electrons. The smallest absolute Gasteiger partial charge is 0.298 e. The van der Waals surface area contributed by atoms with E-state index < -0.39 is 0 Å².